The SMILES string of the molecule is BrCc1ccccc1.O=C(CO)OCc1ccccc1.O=C(O)CO. The van der Waals surface area contributed by atoms with Gasteiger partial charge in [0.1, 0.15) is 19.8 Å². The smallest absolute Gasteiger partial charge is 0.332 e. The Kier molecular flexibility index (Phi) is 14.0. The van der Waals surface area contributed by atoms with E-state index in [4.69, 9.17) is 20.1 Å². The van der Waals surface area contributed by atoms with Crippen LogP contribution in [0.25, 0.3) is 0 Å². The standard InChI is InChI=1S/C9H10O3.C7H7Br.C2H4O3/c10-6-9(11)12-7-8-4-2-1-3-5-8;8-6-7-4-2-1-3-5-7;3-1-2(4)5/h1-5,10H,6-7H2;1-5H,6H2;3H,1H2,(H,4,5). The molecule has 25 heavy (non-hydrogen) atoms. The Morgan fingerprint density at radius 1 is 0.840 bits per heavy atom. The predicted molar refractivity (Wildman–Crippen MR) is 97.1 cm³/mol. The van der Waals surface area contributed by atoms with E-state index < -0.39 is 25.2 Å². The largest absolute Gasteiger partial charge is 0.480 e. The van der Waals surface area contributed by atoms with E-state index in [0.717, 1.165) is 10.9 Å². The zero-order chi connectivity index (χ0) is 18.9. The maximum atomic E-state index is 10.5. The van der Waals surface area contributed by atoms with Gasteiger partial charge in [0.05, 0.1) is 0 Å². The normalized spacial score (nSPS) is 8.92. The lowest BCUT2D eigenvalue weighted by Gasteiger charge is -2.01. The maximum Gasteiger partial charge on any atom is 0.332 e. The van der Waals surface area contributed by atoms with Crippen molar-refractivity contribution in [2.45, 2.75) is 11.9 Å². The van der Waals surface area contributed by atoms with Gasteiger partial charge in [0.25, 0.3) is 0 Å². The van der Waals surface area contributed by atoms with Gasteiger partial charge < -0.3 is 20.1 Å². The molecule has 3 N–H and O–H groups in total. The van der Waals surface area contributed by atoms with Crippen LogP contribution in [0.3, 0.4) is 0 Å². The van der Waals surface area contributed by atoms with E-state index in [0.29, 0.717) is 0 Å². The molecule has 0 amide bonds. The monoisotopic (exact) mass is 412 g/mol. The van der Waals surface area contributed by atoms with E-state index in [-0.39, 0.29) is 6.61 Å². The number of aliphatic hydroxyl groups excluding tert-OH is 2. The summed E-state index contributed by atoms with van der Waals surface area (Å²) in [5, 5.41) is 24.3. The summed E-state index contributed by atoms with van der Waals surface area (Å²) in [5.41, 5.74) is 2.24. The van der Waals surface area contributed by atoms with E-state index in [1.807, 2.05) is 48.5 Å². The van der Waals surface area contributed by atoms with Crippen LogP contribution >= 0.6 is 15.9 Å². The number of ether oxygens (including phenoxy) is 1. The fourth-order valence-corrected chi connectivity index (χ4v) is 1.72. The number of esters is 1. The number of aliphatic hydroxyl groups is 2. The molecule has 0 bridgehead atoms. The first-order chi connectivity index (χ1) is 12.0. The van der Waals surface area contributed by atoms with Gasteiger partial charge in [-0.2, -0.15) is 0 Å². The fourth-order valence-electron chi connectivity index (χ4n) is 1.35. The number of hydrogen-bond donors (Lipinski definition) is 3. The lowest BCUT2D eigenvalue weighted by molar-refractivity contribution is -0.148. The predicted octanol–water partition coefficient (Wildman–Crippen LogP) is 2.37. The van der Waals surface area contributed by atoms with Crippen molar-refractivity contribution >= 4 is 27.9 Å². The summed E-state index contributed by atoms with van der Waals surface area (Å²) in [6, 6.07) is 19.6. The Labute approximate surface area is 154 Å². The highest BCUT2D eigenvalue weighted by atomic mass is 79.9. The quantitative estimate of drug-likeness (QED) is 0.514. The molecule has 0 aliphatic rings. The number of rotatable bonds is 5. The third-order valence-electron chi connectivity index (χ3n) is 2.50. The first kappa shape index (κ1) is 22.8. The van der Waals surface area contributed by atoms with Gasteiger partial charge in [0, 0.05) is 5.33 Å². The number of carboxylic acid groups (broad SMARTS) is 1. The van der Waals surface area contributed by atoms with Crippen molar-refractivity contribution in [3.63, 3.8) is 0 Å². The van der Waals surface area contributed by atoms with Crippen LogP contribution in [0.15, 0.2) is 60.7 Å². The minimum absolute atomic E-state index is 0.222. The Hall–Kier alpha value is -2.22. The van der Waals surface area contributed by atoms with Crippen molar-refractivity contribution in [1.29, 1.82) is 0 Å². The minimum atomic E-state index is -1.19. The minimum Gasteiger partial charge on any atom is -0.480 e. The number of alkyl halides is 1. The number of aliphatic carboxylic acids is 1. The van der Waals surface area contributed by atoms with Crippen molar-refractivity contribution in [3.8, 4) is 0 Å². The number of benzene rings is 2. The van der Waals surface area contributed by atoms with Gasteiger partial charge in [-0.3, -0.25) is 0 Å². The molecule has 0 saturated heterocycles. The molecular weight excluding hydrogens is 392 g/mol. The summed E-state index contributed by atoms with van der Waals surface area (Å²) >= 11 is 3.36. The summed E-state index contributed by atoms with van der Waals surface area (Å²) in [7, 11) is 0. The van der Waals surface area contributed by atoms with Gasteiger partial charge in [-0.05, 0) is 11.1 Å². The summed E-state index contributed by atoms with van der Waals surface area (Å²) in [6.07, 6.45) is 0. The van der Waals surface area contributed by atoms with Crippen LogP contribution < -0.4 is 0 Å². The average molecular weight is 413 g/mol. The van der Waals surface area contributed by atoms with Crippen molar-refractivity contribution < 1.29 is 29.6 Å². The molecule has 6 nitrogen and oxygen atoms in total. The molecule has 0 unspecified atom stereocenters. The van der Waals surface area contributed by atoms with Crippen LogP contribution in [0.4, 0.5) is 0 Å². The third kappa shape index (κ3) is 13.9. The molecule has 2 aromatic carbocycles. The Balaban J connectivity index is 0.000000382. The number of hydrogen-bond acceptors (Lipinski definition) is 5. The number of carboxylic acids is 1. The molecule has 136 valence electrons. The molecule has 0 aliphatic carbocycles. The van der Waals surface area contributed by atoms with Crippen LogP contribution in [0.5, 0.6) is 0 Å². The fraction of sp³-hybridized carbons (Fsp3) is 0.222. The van der Waals surface area contributed by atoms with Crippen molar-refractivity contribution in [2.24, 2.45) is 0 Å². The second-order valence-electron chi connectivity index (χ2n) is 4.48. The van der Waals surface area contributed by atoms with Crippen LogP contribution in [-0.2, 0) is 26.3 Å². The Morgan fingerprint density at radius 3 is 1.60 bits per heavy atom. The summed E-state index contributed by atoms with van der Waals surface area (Å²) in [4.78, 5) is 19.6. The maximum absolute atomic E-state index is 10.5. The molecule has 0 atom stereocenters. The van der Waals surface area contributed by atoms with E-state index >= 15 is 0 Å². The lowest BCUT2D eigenvalue weighted by Crippen LogP contribution is -2.08. The molecule has 2 rings (SSSR count). The zero-order valence-electron chi connectivity index (χ0n) is 13.5. The van der Waals surface area contributed by atoms with Gasteiger partial charge in [-0.15, -0.1) is 0 Å². The van der Waals surface area contributed by atoms with Crippen LogP contribution in [0, 0.1) is 0 Å². The molecule has 2 aromatic rings. The molecule has 0 saturated carbocycles. The number of carbonyl (C=O) groups is 2. The van der Waals surface area contributed by atoms with Crippen LogP contribution in [-0.4, -0.2) is 40.5 Å². The Bertz CT molecular complexity index is 589. The third-order valence-corrected chi connectivity index (χ3v) is 3.15. The van der Waals surface area contributed by atoms with E-state index in [9.17, 15) is 4.79 Å². The van der Waals surface area contributed by atoms with Crippen molar-refractivity contribution in [2.75, 3.05) is 13.2 Å². The van der Waals surface area contributed by atoms with Gasteiger partial charge in [-0.25, -0.2) is 9.59 Å². The summed E-state index contributed by atoms with van der Waals surface area (Å²) in [6.45, 7) is -1.12. The molecular formula is C18H21BrO6. The summed E-state index contributed by atoms with van der Waals surface area (Å²) < 4.78 is 4.69. The first-order valence-electron chi connectivity index (χ1n) is 7.26. The molecule has 0 radical (unpaired) electrons. The van der Waals surface area contributed by atoms with Gasteiger partial charge >= 0.3 is 11.9 Å². The highest BCUT2D eigenvalue weighted by Crippen LogP contribution is 2.02. The van der Waals surface area contributed by atoms with Crippen molar-refractivity contribution in [1.82, 2.24) is 0 Å². The molecule has 0 heterocycles. The lowest BCUT2D eigenvalue weighted by atomic mass is 10.2. The van der Waals surface area contributed by atoms with E-state index in [1.165, 1.54) is 5.56 Å². The van der Waals surface area contributed by atoms with E-state index in [1.54, 1.807) is 0 Å². The molecule has 0 spiro atoms. The first-order valence-corrected chi connectivity index (χ1v) is 8.38. The second-order valence-corrected chi connectivity index (χ2v) is 5.04. The van der Waals surface area contributed by atoms with Crippen LogP contribution in [0.2, 0.25) is 0 Å². The number of halogens is 1. The molecule has 0 aromatic heterocycles. The average Bonchev–Trinajstić information content (AvgIpc) is 2.68. The van der Waals surface area contributed by atoms with Crippen LogP contribution in [0.1, 0.15) is 11.1 Å². The Morgan fingerprint density at radius 2 is 1.28 bits per heavy atom. The zero-order valence-corrected chi connectivity index (χ0v) is 15.1. The van der Waals surface area contributed by atoms with Crippen molar-refractivity contribution in [3.05, 3.63) is 71.8 Å². The van der Waals surface area contributed by atoms with Gasteiger partial charge in [0.15, 0.2) is 0 Å². The second kappa shape index (κ2) is 15.3. The molecule has 0 aliphatic heterocycles. The number of carbonyl (C=O) groups excluding carboxylic acids is 1. The summed E-state index contributed by atoms with van der Waals surface area (Å²) in [5.74, 6) is -1.79. The molecule has 7 heteroatoms. The topological polar surface area (TPSA) is 104 Å². The van der Waals surface area contributed by atoms with Gasteiger partial charge in [-0.1, -0.05) is 76.6 Å². The molecule has 0 fully saturated rings. The highest BCUT2D eigenvalue weighted by Gasteiger charge is 1.98. The highest BCUT2D eigenvalue weighted by molar-refractivity contribution is 9.08. The van der Waals surface area contributed by atoms with E-state index in [2.05, 4.69) is 32.8 Å². The van der Waals surface area contributed by atoms with Gasteiger partial charge in [0.2, 0.25) is 0 Å².